The predicted octanol–water partition coefficient (Wildman–Crippen LogP) is 3.03. The van der Waals surface area contributed by atoms with Crippen LogP contribution >= 0.6 is 0 Å². The summed E-state index contributed by atoms with van der Waals surface area (Å²) in [5, 5.41) is 0. The van der Waals surface area contributed by atoms with E-state index >= 15 is 0 Å². The van der Waals surface area contributed by atoms with Crippen LogP contribution < -0.4 is 19.1 Å². The van der Waals surface area contributed by atoms with E-state index in [9.17, 15) is 8.42 Å². The summed E-state index contributed by atoms with van der Waals surface area (Å²) in [7, 11) is 0.262. The molecule has 0 unspecified atom stereocenters. The number of ether oxygens (including phenoxy) is 2. The number of benzene rings is 2. The van der Waals surface area contributed by atoms with E-state index in [1.807, 2.05) is 57.1 Å². The van der Waals surface area contributed by atoms with E-state index in [0.29, 0.717) is 24.7 Å². The van der Waals surface area contributed by atoms with Gasteiger partial charge in [0.05, 0.1) is 18.1 Å². The fourth-order valence-corrected chi connectivity index (χ4v) is 3.40. The highest BCUT2D eigenvalue weighted by atomic mass is 32.2. The van der Waals surface area contributed by atoms with Crippen molar-refractivity contribution in [1.82, 2.24) is 4.72 Å². The van der Waals surface area contributed by atoms with Gasteiger partial charge in [-0.25, -0.2) is 13.1 Å². The summed E-state index contributed by atoms with van der Waals surface area (Å²) >= 11 is 0. The molecule has 0 radical (unpaired) electrons. The highest BCUT2D eigenvalue weighted by molar-refractivity contribution is 7.89. The number of nitrogens with zero attached hydrogens (tertiary/aromatic N) is 1. The van der Waals surface area contributed by atoms with Crippen molar-refractivity contribution >= 4 is 15.7 Å². The van der Waals surface area contributed by atoms with Crippen molar-refractivity contribution in [1.29, 1.82) is 0 Å². The van der Waals surface area contributed by atoms with Gasteiger partial charge in [-0.2, -0.15) is 0 Å². The Labute approximate surface area is 155 Å². The molecule has 0 fully saturated rings. The Morgan fingerprint density at radius 3 is 2.12 bits per heavy atom. The van der Waals surface area contributed by atoms with Gasteiger partial charge in [0.15, 0.2) is 11.5 Å². The fourth-order valence-electron chi connectivity index (χ4n) is 2.37. The van der Waals surface area contributed by atoms with Crippen LogP contribution in [-0.2, 0) is 16.6 Å². The molecule has 0 atom stereocenters. The van der Waals surface area contributed by atoms with Crippen LogP contribution in [0.5, 0.6) is 11.5 Å². The molecule has 6 nitrogen and oxygen atoms in total. The van der Waals surface area contributed by atoms with Gasteiger partial charge in [0.1, 0.15) is 0 Å². The molecule has 0 saturated carbocycles. The molecule has 0 aliphatic heterocycles. The van der Waals surface area contributed by atoms with Crippen LogP contribution in [0.15, 0.2) is 47.4 Å². The van der Waals surface area contributed by atoms with Crippen molar-refractivity contribution in [3.63, 3.8) is 0 Å². The summed E-state index contributed by atoms with van der Waals surface area (Å²) in [6.45, 7) is 4.83. The summed E-state index contributed by atoms with van der Waals surface area (Å²) in [6, 6.07) is 12.3. The zero-order chi connectivity index (χ0) is 19.2. The van der Waals surface area contributed by atoms with Crippen molar-refractivity contribution in [3.05, 3.63) is 48.0 Å². The highest BCUT2D eigenvalue weighted by Gasteiger charge is 2.17. The minimum atomic E-state index is -3.65. The number of anilines is 1. The van der Waals surface area contributed by atoms with E-state index in [2.05, 4.69) is 4.72 Å². The average molecular weight is 378 g/mol. The summed E-state index contributed by atoms with van der Waals surface area (Å²) in [6.07, 6.45) is 0. The molecule has 0 spiro atoms. The van der Waals surface area contributed by atoms with E-state index in [1.54, 1.807) is 6.07 Å². The largest absolute Gasteiger partial charge is 0.490 e. The van der Waals surface area contributed by atoms with E-state index in [1.165, 1.54) is 12.1 Å². The second-order valence-corrected chi connectivity index (χ2v) is 7.63. The molecule has 0 aliphatic rings. The summed E-state index contributed by atoms with van der Waals surface area (Å²) in [5.41, 5.74) is 1.94. The third-order valence-corrected chi connectivity index (χ3v) is 5.14. The van der Waals surface area contributed by atoms with Crippen LogP contribution in [0.2, 0.25) is 0 Å². The molecule has 0 saturated heterocycles. The van der Waals surface area contributed by atoms with E-state index in [-0.39, 0.29) is 11.4 Å². The van der Waals surface area contributed by atoms with E-state index in [4.69, 9.17) is 9.47 Å². The topological polar surface area (TPSA) is 67.9 Å². The van der Waals surface area contributed by atoms with Gasteiger partial charge in [0.2, 0.25) is 10.0 Å². The molecule has 2 aromatic rings. The zero-order valence-electron chi connectivity index (χ0n) is 15.7. The lowest BCUT2D eigenvalue weighted by Crippen LogP contribution is -2.23. The van der Waals surface area contributed by atoms with Gasteiger partial charge < -0.3 is 14.4 Å². The Morgan fingerprint density at radius 1 is 0.923 bits per heavy atom. The van der Waals surface area contributed by atoms with Crippen molar-refractivity contribution in [3.8, 4) is 11.5 Å². The van der Waals surface area contributed by atoms with Crippen molar-refractivity contribution in [2.75, 3.05) is 32.2 Å². The van der Waals surface area contributed by atoms with E-state index in [0.717, 1.165) is 11.3 Å². The lowest BCUT2D eigenvalue weighted by Gasteiger charge is -2.14. The maximum Gasteiger partial charge on any atom is 0.241 e. The van der Waals surface area contributed by atoms with Crippen LogP contribution in [0.4, 0.5) is 5.69 Å². The lowest BCUT2D eigenvalue weighted by atomic mass is 10.2. The Kier molecular flexibility index (Phi) is 6.88. The molecule has 0 aromatic heterocycles. The standard InChI is InChI=1S/C19H26N2O4S/c1-5-24-18-12-11-17(13-19(18)25-6-2)26(22,23)20-14-15-7-9-16(10-8-15)21(3)4/h7-13,20H,5-6,14H2,1-4H3. The van der Waals surface area contributed by atoms with Gasteiger partial charge in [-0.15, -0.1) is 0 Å². The normalized spacial score (nSPS) is 11.2. The maximum atomic E-state index is 12.6. The lowest BCUT2D eigenvalue weighted by molar-refractivity contribution is 0.287. The fraction of sp³-hybridized carbons (Fsp3) is 0.368. The van der Waals surface area contributed by atoms with Crippen LogP contribution in [0.3, 0.4) is 0 Å². The van der Waals surface area contributed by atoms with Crippen LogP contribution in [0.25, 0.3) is 0 Å². The van der Waals surface area contributed by atoms with Gasteiger partial charge in [-0.05, 0) is 43.7 Å². The Hall–Kier alpha value is -2.25. The SMILES string of the molecule is CCOc1ccc(S(=O)(=O)NCc2ccc(N(C)C)cc2)cc1OCC. The second-order valence-electron chi connectivity index (χ2n) is 5.86. The molecule has 7 heteroatoms. The van der Waals surface area contributed by atoms with Crippen molar-refractivity contribution in [2.45, 2.75) is 25.3 Å². The second kappa shape index (κ2) is 8.91. The molecular formula is C19H26N2O4S. The zero-order valence-corrected chi connectivity index (χ0v) is 16.5. The monoisotopic (exact) mass is 378 g/mol. The van der Waals surface area contributed by atoms with Crippen LogP contribution in [-0.4, -0.2) is 35.7 Å². The highest BCUT2D eigenvalue weighted by Crippen LogP contribution is 2.30. The Bertz CT molecular complexity index is 818. The predicted molar refractivity (Wildman–Crippen MR) is 104 cm³/mol. The average Bonchev–Trinajstić information content (AvgIpc) is 2.62. The Balaban J connectivity index is 2.14. The first-order valence-corrected chi connectivity index (χ1v) is 10.0. The minimum Gasteiger partial charge on any atom is -0.490 e. The van der Waals surface area contributed by atoms with Gasteiger partial charge in [-0.1, -0.05) is 12.1 Å². The number of hydrogen-bond donors (Lipinski definition) is 1. The molecule has 1 N–H and O–H groups in total. The number of rotatable bonds is 9. The first-order chi connectivity index (χ1) is 12.4. The number of sulfonamides is 1. The van der Waals surface area contributed by atoms with Crippen LogP contribution in [0.1, 0.15) is 19.4 Å². The van der Waals surface area contributed by atoms with Gasteiger partial charge in [-0.3, -0.25) is 0 Å². The third kappa shape index (κ3) is 5.12. The first-order valence-electron chi connectivity index (χ1n) is 8.53. The van der Waals surface area contributed by atoms with Gasteiger partial charge in [0, 0.05) is 32.4 Å². The summed E-state index contributed by atoms with van der Waals surface area (Å²) in [5.74, 6) is 0.958. The van der Waals surface area contributed by atoms with Crippen molar-refractivity contribution < 1.29 is 17.9 Å². The molecule has 0 heterocycles. The molecule has 2 rings (SSSR count). The number of hydrogen-bond acceptors (Lipinski definition) is 5. The Morgan fingerprint density at radius 2 is 1.54 bits per heavy atom. The minimum absolute atomic E-state index is 0.148. The first kappa shape index (κ1) is 20.1. The number of nitrogens with one attached hydrogen (secondary N) is 1. The molecule has 0 bridgehead atoms. The molecule has 26 heavy (non-hydrogen) atoms. The maximum absolute atomic E-state index is 12.6. The summed E-state index contributed by atoms with van der Waals surface area (Å²) in [4.78, 5) is 2.14. The molecule has 2 aromatic carbocycles. The van der Waals surface area contributed by atoms with Gasteiger partial charge >= 0.3 is 0 Å². The molecule has 0 amide bonds. The molecule has 0 aliphatic carbocycles. The summed E-state index contributed by atoms with van der Waals surface area (Å²) < 4.78 is 38.8. The van der Waals surface area contributed by atoms with Crippen molar-refractivity contribution in [2.24, 2.45) is 0 Å². The third-order valence-electron chi connectivity index (χ3n) is 3.74. The molecule has 142 valence electrons. The quantitative estimate of drug-likeness (QED) is 0.726. The smallest absolute Gasteiger partial charge is 0.241 e. The van der Waals surface area contributed by atoms with E-state index < -0.39 is 10.0 Å². The van der Waals surface area contributed by atoms with Gasteiger partial charge in [0.25, 0.3) is 0 Å². The molecular weight excluding hydrogens is 352 g/mol. The van der Waals surface area contributed by atoms with Crippen LogP contribution in [0, 0.1) is 0 Å².